The molecular weight excluding hydrogens is 281 g/mol. The molecular formula is C13H14FN3O2S. The van der Waals surface area contributed by atoms with Gasteiger partial charge in [-0.05, 0) is 30.8 Å². The number of likely N-dealkylation sites (tertiary alicyclic amines) is 1. The van der Waals surface area contributed by atoms with Crippen LogP contribution in [-0.4, -0.2) is 45.6 Å². The van der Waals surface area contributed by atoms with Crippen LogP contribution in [-0.2, 0) is 0 Å². The maximum absolute atomic E-state index is 13.6. The van der Waals surface area contributed by atoms with Crippen molar-refractivity contribution >= 4 is 29.2 Å². The van der Waals surface area contributed by atoms with Crippen LogP contribution in [0.5, 0.6) is 0 Å². The normalized spacial score (nSPS) is 18.9. The summed E-state index contributed by atoms with van der Waals surface area (Å²) in [7, 11) is 0. The SMILES string of the molecule is O=C(c1cc(F)cc2[nH]c(=S)[nH]c12)N1CCC(CO)C1. The summed E-state index contributed by atoms with van der Waals surface area (Å²) >= 11 is 4.98. The number of aromatic amines is 2. The minimum atomic E-state index is -0.482. The van der Waals surface area contributed by atoms with Crippen molar-refractivity contribution in [1.29, 1.82) is 0 Å². The van der Waals surface area contributed by atoms with Gasteiger partial charge in [0.05, 0.1) is 16.6 Å². The number of amides is 1. The summed E-state index contributed by atoms with van der Waals surface area (Å²) in [5.74, 6) is -0.618. The number of carbonyl (C=O) groups is 1. The lowest BCUT2D eigenvalue weighted by molar-refractivity contribution is 0.0783. The number of benzene rings is 1. The zero-order valence-corrected chi connectivity index (χ0v) is 11.5. The molecule has 3 N–H and O–H groups in total. The second-order valence-electron chi connectivity index (χ2n) is 5.04. The Bertz CT molecular complexity index is 724. The van der Waals surface area contributed by atoms with Gasteiger partial charge in [0.15, 0.2) is 4.77 Å². The van der Waals surface area contributed by atoms with Gasteiger partial charge in [0.2, 0.25) is 0 Å². The van der Waals surface area contributed by atoms with Crippen LogP contribution in [0.25, 0.3) is 11.0 Å². The fourth-order valence-electron chi connectivity index (χ4n) is 2.61. The van der Waals surface area contributed by atoms with E-state index in [0.717, 1.165) is 6.42 Å². The van der Waals surface area contributed by atoms with E-state index < -0.39 is 5.82 Å². The van der Waals surface area contributed by atoms with Gasteiger partial charge in [-0.1, -0.05) is 0 Å². The lowest BCUT2D eigenvalue weighted by Gasteiger charge is -2.16. The van der Waals surface area contributed by atoms with E-state index in [2.05, 4.69) is 9.97 Å². The number of hydrogen-bond donors (Lipinski definition) is 3. The number of nitrogens with one attached hydrogen (secondary N) is 2. The lowest BCUT2D eigenvalue weighted by Crippen LogP contribution is -2.29. The summed E-state index contributed by atoms with van der Waals surface area (Å²) in [4.78, 5) is 19.8. The number of fused-ring (bicyclic) bond motifs is 1. The first-order valence-electron chi connectivity index (χ1n) is 6.40. The molecule has 0 saturated carbocycles. The van der Waals surface area contributed by atoms with Gasteiger partial charge >= 0.3 is 0 Å². The highest BCUT2D eigenvalue weighted by Crippen LogP contribution is 2.23. The van der Waals surface area contributed by atoms with Crippen LogP contribution >= 0.6 is 12.2 Å². The van der Waals surface area contributed by atoms with E-state index in [9.17, 15) is 9.18 Å². The van der Waals surface area contributed by atoms with Gasteiger partial charge in [-0.15, -0.1) is 0 Å². The van der Waals surface area contributed by atoms with Crippen molar-refractivity contribution in [2.75, 3.05) is 19.7 Å². The summed E-state index contributed by atoms with van der Waals surface area (Å²) < 4.78 is 14.0. The zero-order chi connectivity index (χ0) is 14.3. The van der Waals surface area contributed by atoms with E-state index in [4.69, 9.17) is 17.3 Å². The first kappa shape index (κ1) is 13.3. The summed E-state index contributed by atoms with van der Waals surface area (Å²) in [6, 6.07) is 2.52. The third kappa shape index (κ3) is 2.23. The third-order valence-electron chi connectivity index (χ3n) is 3.65. The van der Waals surface area contributed by atoms with Gasteiger partial charge in [-0.3, -0.25) is 4.79 Å². The molecule has 1 aromatic carbocycles. The molecule has 1 aliphatic heterocycles. The average molecular weight is 295 g/mol. The number of halogens is 1. The van der Waals surface area contributed by atoms with Crippen LogP contribution in [0.1, 0.15) is 16.8 Å². The van der Waals surface area contributed by atoms with Gasteiger partial charge in [0.25, 0.3) is 5.91 Å². The van der Waals surface area contributed by atoms with E-state index in [1.807, 2.05) is 0 Å². The number of nitrogens with zero attached hydrogens (tertiary/aromatic N) is 1. The van der Waals surface area contributed by atoms with Crippen LogP contribution in [0.4, 0.5) is 4.39 Å². The van der Waals surface area contributed by atoms with Crippen LogP contribution in [0.2, 0.25) is 0 Å². The molecule has 1 atom stereocenters. The van der Waals surface area contributed by atoms with E-state index in [1.54, 1.807) is 4.90 Å². The van der Waals surface area contributed by atoms with E-state index in [1.165, 1.54) is 12.1 Å². The zero-order valence-electron chi connectivity index (χ0n) is 10.6. The molecule has 20 heavy (non-hydrogen) atoms. The van der Waals surface area contributed by atoms with Crippen molar-refractivity contribution < 1.29 is 14.3 Å². The number of hydrogen-bond acceptors (Lipinski definition) is 3. The molecule has 1 amide bonds. The predicted octanol–water partition coefficient (Wildman–Crippen LogP) is 1.82. The third-order valence-corrected chi connectivity index (χ3v) is 3.86. The molecule has 0 spiro atoms. The van der Waals surface area contributed by atoms with Gasteiger partial charge in [0, 0.05) is 25.6 Å². The number of imidazole rings is 1. The first-order valence-corrected chi connectivity index (χ1v) is 6.81. The van der Waals surface area contributed by atoms with Crippen molar-refractivity contribution in [2.24, 2.45) is 5.92 Å². The van der Waals surface area contributed by atoms with Gasteiger partial charge < -0.3 is 20.0 Å². The molecule has 0 aliphatic carbocycles. The predicted molar refractivity (Wildman–Crippen MR) is 74.5 cm³/mol. The topological polar surface area (TPSA) is 72.1 Å². The molecule has 1 fully saturated rings. The summed E-state index contributed by atoms with van der Waals surface area (Å²) in [5, 5.41) is 9.13. The van der Waals surface area contributed by atoms with Crippen LogP contribution in [0.15, 0.2) is 12.1 Å². The number of rotatable bonds is 2. The Morgan fingerprint density at radius 2 is 2.30 bits per heavy atom. The molecule has 2 heterocycles. The highest BCUT2D eigenvalue weighted by molar-refractivity contribution is 7.71. The maximum Gasteiger partial charge on any atom is 0.256 e. The molecule has 0 bridgehead atoms. The van der Waals surface area contributed by atoms with Crippen LogP contribution in [0.3, 0.4) is 0 Å². The molecule has 106 valence electrons. The Balaban J connectivity index is 2.01. The Hall–Kier alpha value is -1.73. The quantitative estimate of drug-likeness (QED) is 0.740. The second kappa shape index (κ2) is 4.99. The monoisotopic (exact) mass is 295 g/mol. The van der Waals surface area contributed by atoms with Crippen molar-refractivity contribution in [3.8, 4) is 0 Å². The van der Waals surface area contributed by atoms with Crippen molar-refractivity contribution in [2.45, 2.75) is 6.42 Å². The standard InChI is InChI=1S/C13H14FN3O2S/c14-8-3-9(11-10(4-8)15-13(20)16-11)12(19)17-2-1-7(5-17)6-18/h3-4,7,18H,1-2,5-6H2,(H2,15,16,20). The fourth-order valence-corrected chi connectivity index (χ4v) is 2.82. The van der Waals surface area contributed by atoms with E-state index in [0.29, 0.717) is 28.9 Å². The largest absolute Gasteiger partial charge is 0.396 e. The van der Waals surface area contributed by atoms with Crippen molar-refractivity contribution in [3.63, 3.8) is 0 Å². The molecule has 1 unspecified atom stereocenters. The molecule has 1 saturated heterocycles. The number of aliphatic hydroxyl groups is 1. The molecule has 7 heteroatoms. The average Bonchev–Trinajstić information content (AvgIpc) is 3.02. The fraction of sp³-hybridized carbons (Fsp3) is 0.385. The van der Waals surface area contributed by atoms with Crippen LogP contribution < -0.4 is 0 Å². The minimum Gasteiger partial charge on any atom is -0.396 e. The molecule has 5 nitrogen and oxygen atoms in total. The summed E-state index contributed by atoms with van der Waals surface area (Å²) in [6.45, 7) is 1.14. The Morgan fingerprint density at radius 1 is 1.50 bits per heavy atom. The van der Waals surface area contributed by atoms with E-state index >= 15 is 0 Å². The summed E-state index contributed by atoms with van der Waals surface area (Å²) in [5.41, 5.74) is 1.27. The summed E-state index contributed by atoms with van der Waals surface area (Å²) in [6.07, 6.45) is 0.768. The molecule has 1 aliphatic rings. The highest BCUT2D eigenvalue weighted by Gasteiger charge is 2.28. The Labute approximate surface area is 119 Å². The number of carbonyl (C=O) groups excluding carboxylic acids is 1. The highest BCUT2D eigenvalue weighted by atomic mass is 32.1. The van der Waals surface area contributed by atoms with Crippen molar-refractivity contribution in [3.05, 3.63) is 28.3 Å². The van der Waals surface area contributed by atoms with Crippen LogP contribution in [0, 0.1) is 16.5 Å². The number of aliphatic hydroxyl groups excluding tert-OH is 1. The van der Waals surface area contributed by atoms with E-state index in [-0.39, 0.29) is 24.0 Å². The molecule has 1 aromatic heterocycles. The smallest absolute Gasteiger partial charge is 0.256 e. The van der Waals surface area contributed by atoms with Gasteiger partial charge in [-0.2, -0.15) is 0 Å². The Kier molecular flexibility index (Phi) is 3.31. The van der Waals surface area contributed by atoms with Crippen molar-refractivity contribution in [1.82, 2.24) is 14.9 Å². The number of aromatic nitrogens is 2. The lowest BCUT2D eigenvalue weighted by atomic mass is 10.1. The van der Waals surface area contributed by atoms with Gasteiger partial charge in [0.1, 0.15) is 5.82 Å². The molecule has 3 rings (SSSR count). The first-order chi connectivity index (χ1) is 9.58. The number of H-pyrrole nitrogens is 2. The molecule has 2 aromatic rings. The van der Waals surface area contributed by atoms with Gasteiger partial charge in [-0.25, -0.2) is 4.39 Å². The Morgan fingerprint density at radius 3 is 3.00 bits per heavy atom. The maximum atomic E-state index is 13.6. The second-order valence-corrected chi connectivity index (χ2v) is 5.45. The molecule has 0 radical (unpaired) electrons. The minimum absolute atomic E-state index is 0.0644.